The normalized spacial score (nSPS) is 11.5. The highest BCUT2D eigenvalue weighted by atomic mass is 16.5. The monoisotopic (exact) mass is 356 g/mol. The molecule has 1 aromatic heterocycles. The first-order valence-corrected chi connectivity index (χ1v) is 8.63. The first kappa shape index (κ1) is 15.7. The van der Waals surface area contributed by atoms with Crippen LogP contribution in [0.1, 0.15) is 0 Å². The highest BCUT2D eigenvalue weighted by Crippen LogP contribution is 2.41. The Bertz CT molecular complexity index is 1390. The van der Waals surface area contributed by atoms with Crippen molar-refractivity contribution in [2.24, 2.45) is 0 Å². The summed E-state index contributed by atoms with van der Waals surface area (Å²) in [5, 5.41) is 6.80. The molecule has 5 rings (SSSR count). The number of hydrogen-bond donors (Lipinski definition) is 0. The van der Waals surface area contributed by atoms with E-state index < -0.39 is 0 Å². The van der Waals surface area contributed by atoms with Crippen molar-refractivity contribution in [1.29, 1.82) is 0 Å². The van der Waals surface area contributed by atoms with Crippen LogP contribution < -0.4 is 14.9 Å². The van der Waals surface area contributed by atoms with E-state index >= 15 is 0 Å². The van der Waals surface area contributed by atoms with Crippen LogP contribution in [0.4, 0.5) is 0 Å². The molecule has 132 valence electrons. The maximum Gasteiger partial charge on any atom is 0.179 e. The van der Waals surface area contributed by atoms with Crippen LogP contribution in [-0.2, 0) is 0 Å². The summed E-state index contributed by atoms with van der Waals surface area (Å²) in [6.07, 6.45) is 1.72. The molecule has 0 radical (unpaired) electrons. The molecule has 0 fully saturated rings. The maximum absolute atomic E-state index is 12.0. The molecule has 4 heteroatoms. The van der Waals surface area contributed by atoms with Gasteiger partial charge < -0.3 is 13.9 Å². The summed E-state index contributed by atoms with van der Waals surface area (Å²) < 4.78 is 17.0. The van der Waals surface area contributed by atoms with Crippen LogP contribution in [0, 0.1) is 0 Å². The Morgan fingerprint density at radius 3 is 2.26 bits per heavy atom. The lowest BCUT2D eigenvalue weighted by atomic mass is 9.95. The molecule has 0 spiro atoms. The van der Waals surface area contributed by atoms with E-state index in [1.807, 2.05) is 36.4 Å². The van der Waals surface area contributed by atoms with Gasteiger partial charge in [-0.15, -0.1) is 0 Å². The Kier molecular flexibility index (Phi) is 3.34. The smallest absolute Gasteiger partial charge is 0.179 e. The molecular weight excluding hydrogens is 340 g/mol. The fourth-order valence-electron chi connectivity index (χ4n) is 3.86. The van der Waals surface area contributed by atoms with Gasteiger partial charge in [0, 0.05) is 21.5 Å². The summed E-state index contributed by atoms with van der Waals surface area (Å²) in [6.45, 7) is 0. The van der Waals surface area contributed by atoms with Gasteiger partial charge in [0.1, 0.15) is 5.58 Å². The maximum atomic E-state index is 12.0. The van der Waals surface area contributed by atoms with Gasteiger partial charge in [-0.05, 0) is 46.5 Å². The van der Waals surface area contributed by atoms with Gasteiger partial charge in [-0.1, -0.05) is 24.3 Å². The predicted molar refractivity (Wildman–Crippen MR) is 108 cm³/mol. The number of benzene rings is 4. The molecule has 0 aliphatic heterocycles. The lowest BCUT2D eigenvalue weighted by Crippen LogP contribution is -1.96. The topological polar surface area (TPSA) is 48.7 Å². The quantitative estimate of drug-likeness (QED) is 0.404. The van der Waals surface area contributed by atoms with Gasteiger partial charge >= 0.3 is 0 Å². The fourth-order valence-corrected chi connectivity index (χ4v) is 3.86. The van der Waals surface area contributed by atoms with Crippen molar-refractivity contribution in [3.63, 3.8) is 0 Å². The van der Waals surface area contributed by atoms with E-state index in [1.54, 1.807) is 32.6 Å². The molecule has 0 atom stereocenters. The van der Waals surface area contributed by atoms with Crippen molar-refractivity contribution >= 4 is 43.3 Å². The van der Waals surface area contributed by atoms with Gasteiger partial charge in [0.25, 0.3) is 0 Å². The van der Waals surface area contributed by atoms with Crippen LogP contribution in [0.3, 0.4) is 0 Å². The van der Waals surface area contributed by atoms with E-state index in [0.717, 1.165) is 43.3 Å². The number of ether oxygens (including phenoxy) is 2. The van der Waals surface area contributed by atoms with Crippen molar-refractivity contribution < 1.29 is 13.9 Å². The number of rotatable bonds is 2. The van der Waals surface area contributed by atoms with Crippen LogP contribution in [0.15, 0.2) is 70.1 Å². The van der Waals surface area contributed by atoms with Gasteiger partial charge in [0.05, 0.1) is 20.5 Å². The summed E-state index contributed by atoms with van der Waals surface area (Å²) in [4.78, 5) is 12.0. The van der Waals surface area contributed by atoms with Gasteiger partial charge in [0.2, 0.25) is 0 Å². The summed E-state index contributed by atoms with van der Waals surface area (Å²) in [6, 6.07) is 17.0. The molecule has 0 aliphatic carbocycles. The minimum Gasteiger partial charge on any atom is -0.493 e. The molecule has 5 aromatic rings. The van der Waals surface area contributed by atoms with Crippen molar-refractivity contribution in [2.75, 3.05) is 14.2 Å². The SMILES string of the molecule is COc1cc2coc3c4ccc(=O)cc4c4ccccc4c3c2cc1OC. The van der Waals surface area contributed by atoms with E-state index in [0.29, 0.717) is 11.5 Å². The zero-order chi connectivity index (χ0) is 18.5. The average molecular weight is 356 g/mol. The van der Waals surface area contributed by atoms with E-state index in [4.69, 9.17) is 13.9 Å². The molecule has 0 aliphatic rings. The Labute approximate surface area is 154 Å². The van der Waals surface area contributed by atoms with E-state index in [-0.39, 0.29) is 5.43 Å². The van der Waals surface area contributed by atoms with Crippen molar-refractivity contribution in [1.82, 2.24) is 0 Å². The van der Waals surface area contributed by atoms with E-state index in [2.05, 4.69) is 6.07 Å². The molecule has 4 aromatic carbocycles. The molecule has 0 bridgehead atoms. The third kappa shape index (κ3) is 2.20. The first-order chi connectivity index (χ1) is 13.2. The zero-order valence-electron chi connectivity index (χ0n) is 14.9. The number of fused-ring (bicyclic) bond motifs is 8. The van der Waals surface area contributed by atoms with Crippen LogP contribution >= 0.6 is 0 Å². The second-order valence-electron chi connectivity index (χ2n) is 6.49. The summed E-state index contributed by atoms with van der Waals surface area (Å²) in [7, 11) is 3.24. The standard InChI is InChI=1S/C23H16O4/c1-25-20-9-13-12-27-23-17-8-7-14(24)10-19(17)15-5-3-4-6-16(15)22(23)18(13)11-21(20)26-2/h3-12H,1-2H3. The van der Waals surface area contributed by atoms with Crippen LogP contribution in [-0.4, -0.2) is 14.2 Å². The van der Waals surface area contributed by atoms with Gasteiger partial charge in [0.15, 0.2) is 16.9 Å². The molecule has 0 amide bonds. The highest BCUT2D eigenvalue weighted by Gasteiger charge is 2.15. The minimum absolute atomic E-state index is 0.0146. The van der Waals surface area contributed by atoms with Gasteiger partial charge in [-0.25, -0.2) is 0 Å². The van der Waals surface area contributed by atoms with Crippen LogP contribution in [0.25, 0.3) is 43.3 Å². The molecule has 1 heterocycles. The molecule has 27 heavy (non-hydrogen) atoms. The predicted octanol–water partition coefficient (Wildman–Crippen LogP) is 5.27. The lowest BCUT2D eigenvalue weighted by molar-refractivity contribution is 0.356. The van der Waals surface area contributed by atoms with Crippen molar-refractivity contribution in [3.05, 3.63) is 71.1 Å². The molecule has 0 unspecified atom stereocenters. The van der Waals surface area contributed by atoms with Crippen LogP contribution in [0.5, 0.6) is 11.5 Å². The average Bonchev–Trinajstić information content (AvgIpc) is 2.72. The molecule has 0 saturated carbocycles. The van der Waals surface area contributed by atoms with Crippen molar-refractivity contribution in [3.8, 4) is 11.5 Å². The largest absolute Gasteiger partial charge is 0.493 e. The van der Waals surface area contributed by atoms with Gasteiger partial charge in [-0.3, -0.25) is 4.79 Å². The molecular formula is C23H16O4. The number of hydrogen-bond acceptors (Lipinski definition) is 4. The first-order valence-electron chi connectivity index (χ1n) is 8.63. The second-order valence-corrected chi connectivity index (χ2v) is 6.49. The third-order valence-electron chi connectivity index (χ3n) is 5.08. The Morgan fingerprint density at radius 1 is 0.741 bits per heavy atom. The molecule has 4 nitrogen and oxygen atoms in total. The Hall–Kier alpha value is -3.53. The summed E-state index contributed by atoms with van der Waals surface area (Å²) >= 11 is 0. The Morgan fingerprint density at radius 2 is 1.48 bits per heavy atom. The fraction of sp³-hybridized carbons (Fsp3) is 0.0870. The summed E-state index contributed by atoms with van der Waals surface area (Å²) in [5.41, 5.74) is 0.739. The summed E-state index contributed by atoms with van der Waals surface area (Å²) in [5.74, 6) is 1.32. The van der Waals surface area contributed by atoms with E-state index in [1.165, 1.54) is 0 Å². The van der Waals surface area contributed by atoms with E-state index in [9.17, 15) is 4.79 Å². The van der Waals surface area contributed by atoms with Crippen LogP contribution in [0.2, 0.25) is 0 Å². The second kappa shape index (κ2) is 5.74. The van der Waals surface area contributed by atoms with Gasteiger partial charge in [-0.2, -0.15) is 0 Å². The van der Waals surface area contributed by atoms with Crippen molar-refractivity contribution in [2.45, 2.75) is 0 Å². The Balaban J connectivity index is 2.11. The zero-order valence-corrected chi connectivity index (χ0v) is 14.9. The lowest BCUT2D eigenvalue weighted by Gasteiger charge is -2.13. The minimum atomic E-state index is -0.0146. The third-order valence-corrected chi connectivity index (χ3v) is 5.08. The highest BCUT2D eigenvalue weighted by molar-refractivity contribution is 6.29. The molecule has 0 saturated heterocycles. The molecule has 0 N–H and O–H groups in total. The number of methoxy groups -OCH3 is 2.